The molecule has 0 aromatic heterocycles. The van der Waals surface area contributed by atoms with Gasteiger partial charge in [-0.05, 0) is 49.2 Å². The minimum absolute atomic E-state index is 0.122. The third-order valence-corrected chi connectivity index (χ3v) is 7.34. The van der Waals surface area contributed by atoms with Crippen LogP contribution in [0.3, 0.4) is 0 Å². The molecule has 7 heteroatoms. The molecule has 0 aliphatic carbocycles. The number of carbonyl (C=O) groups excluding carboxylic acids is 1. The number of rotatable bonds is 7. The summed E-state index contributed by atoms with van der Waals surface area (Å²) >= 11 is 0. The standard InChI is InChI=1S/C23H27N3O3S/c1-4-18-10-9-11-19(16-18)24-23(27)21-17-20(30(28,29)26(5-2)6-3)12-13-22(21)25-14-7-8-15-25/h1,9-13,16-17H,5-8,14-15H2,2-3H3,(H,24,27). The molecule has 0 atom stereocenters. The lowest BCUT2D eigenvalue weighted by Crippen LogP contribution is -2.31. The van der Waals surface area contributed by atoms with Crippen molar-refractivity contribution in [2.45, 2.75) is 31.6 Å². The molecule has 0 saturated carbocycles. The first-order chi connectivity index (χ1) is 14.4. The molecule has 0 radical (unpaired) electrons. The van der Waals surface area contributed by atoms with E-state index in [2.05, 4.69) is 16.1 Å². The van der Waals surface area contributed by atoms with Crippen LogP contribution in [0, 0.1) is 12.3 Å². The second kappa shape index (κ2) is 9.33. The van der Waals surface area contributed by atoms with Crippen LogP contribution < -0.4 is 10.2 Å². The molecule has 0 bridgehead atoms. The van der Waals surface area contributed by atoms with Crippen LogP contribution in [-0.2, 0) is 10.0 Å². The molecule has 1 saturated heterocycles. The van der Waals surface area contributed by atoms with Crippen molar-refractivity contribution in [2.24, 2.45) is 0 Å². The molecular formula is C23H27N3O3S. The molecule has 3 rings (SSSR count). The van der Waals surface area contributed by atoms with Crippen LogP contribution in [0.25, 0.3) is 0 Å². The fourth-order valence-corrected chi connectivity index (χ4v) is 5.17. The fraction of sp³-hybridized carbons (Fsp3) is 0.348. The highest BCUT2D eigenvalue weighted by atomic mass is 32.2. The molecule has 1 N–H and O–H groups in total. The lowest BCUT2D eigenvalue weighted by molar-refractivity contribution is 0.102. The Bertz CT molecular complexity index is 1060. The minimum Gasteiger partial charge on any atom is -0.371 e. The molecule has 1 fully saturated rings. The van der Waals surface area contributed by atoms with Gasteiger partial charge in [-0.15, -0.1) is 6.42 Å². The highest BCUT2D eigenvalue weighted by Crippen LogP contribution is 2.29. The average molecular weight is 426 g/mol. The molecule has 0 unspecified atom stereocenters. The van der Waals surface area contributed by atoms with Gasteiger partial charge in [0, 0.05) is 43.1 Å². The second-order valence-electron chi connectivity index (χ2n) is 7.14. The number of nitrogens with zero attached hydrogens (tertiary/aromatic N) is 2. The highest BCUT2D eigenvalue weighted by molar-refractivity contribution is 7.89. The number of amides is 1. The van der Waals surface area contributed by atoms with Crippen LogP contribution in [0.5, 0.6) is 0 Å². The Kier molecular flexibility index (Phi) is 6.80. The van der Waals surface area contributed by atoms with Crippen LogP contribution in [0.4, 0.5) is 11.4 Å². The van der Waals surface area contributed by atoms with Gasteiger partial charge in [0.2, 0.25) is 10.0 Å². The van der Waals surface area contributed by atoms with Crippen LogP contribution in [0.1, 0.15) is 42.6 Å². The highest BCUT2D eigenvalue weighted by Gasteiger charge is 2.26. The van der Waals surface area contributed by atoms with Gasteiger partial charge >= 0.3 is 0 Å². The van der Waals surface area contributed by atoms with Gasteiger partial charge < -0.3 is 10.2 Å². The van der Waals surface area contributed by atoms with Crippen molar-refractivity contribution in [3.8, 4) is 12.3 Å². The lowest BCUT2D eigenvalue weighted by Gasteiger charge is -2.23. The SMILES string of the molecule is C#Cc1cccc(NC(=O)c2cc(S(=O)(=O)N(CC)CC)ccc2N2CCCC2)c1. The maximum atomic E-state index is 13.2. The predicted molar refractivity (Wildman–Crippen MR) is 120 cm³/mol. The summed E-state index contributed by atoms with van der Waals surface area (Å²) in [7, 11) is -3.67. The van der Waals surface area contributed by atoms with E-state index in [0.29, 0.717) is 29.9 Å². The van der Waals surface area contributed by atoms with Crippen molar-refractivity contribution in [3.63, 3.8) is 0 Å². The predicted octanol–water partition coefficient (Wildman–Crippen LogP) is 3.55. The maximum absolute atomic E-state index is 13.2. The smallest absolute Gasteiger partial charge is 0.257 e. The Hall–Kier alpha value is -2.82. The summed E-state index contributed by atoms with van der Waals surface area (Å²) in [5.41, 5.74) is 2.32. The Morgan fingerprint density at radius 2 is 1.83 bits per heavy atom. The number of benzene rings is 2. The van der Waals surface area contributed by atoms with Gasteiger partial charge in [-0.3, -0.25) is 4.79 Å². The van der Waals surface area contributed by atoms with E-state index in [0.717, 1.165) is 31.6 Å². The number of hydrogen-bond donors (Lipinski definition) is 1. The van der Waals surface area contributed by atoms with Crippen LogP contribution >= 0.6 is 0 Å². The Morgan fingerprint density at radius 1 is 1.13 bits per heavy atom. The van der Waals surface area contributed by atoms with E-state index in [4.69, 9.17) is 6.42 Å². The zero-order chi connectivity index (χ0) is 21.7. The van der Waals surface area contributed by atoms with Crippen molar-refractivity contribution < 1.29 is 13.2 Å². The molecule has 2 aromatic carbocycles. The first-order valence-corrected chi connectivity index (χ1v) is 11.6. The Balaban J connectivity index is 2.02. The number of sulfonamides is 1. The third kappa shape index (κ3) is 4.50. The number of hydrogen-bond acceptors (Lipinski definition) is 4. The molecule has 2 aromatic rings. The van der Waals surface area contributed by atoms with E-state index in [1.165, 1.54) is 10.4 Å². The summed E-state index contributed by atoms with van der Waals surface area (Å²) in [6.07, 6.45) is 7.54. The largest absolute Gasteiger partial charge is 0.371 e. The van der Waals surface area contributed by atoms with Crippen LogP contribution in [0.15, 0.2) is 47.4 Å². The van der Waals surface area contributed by atoms with Gasteiger partial charge in [0.1, 0.15) is 0 Å². The van der Waals surface area contributed by atoms with Gasteiger partial charge in [-0.25, -0.2) is 8.42 Å². The topological polar surface area (TPSA) is 69.7 Å². The van der Waals surface area contributed by atoms with Gasteiger partial charge in [0.05, 0.1) is 10.5 Å². The van der Waals surface area contributed by atoms with Crippen molar-refractivity contribution in [1.82, 2.24) is 4.31 Å². The Labute approximate surface area is 178 Å². The molecule has 1 aliphatic rings. The summed E-state index contributed by atoms with van der Waals surface area (Å²) < 4.78 is 27.4. The third-order valence-electron chi connectivity index (χ3n) is 5.29. The van der Waals surface area contributed by atoms with Crippen molar-refractivity contribution in [2.75, 3.05) is 36.4 Å². The van der Waals surface area contributed by atoms with Gasteiger partial charge in [-0.1, -0.05) is 25.8 Å². The second-order valence-corrected chi connectivity index (χ2v) is 9.08. The van der Waals surface area contributed by atoms with E-state index in [-0.39, 0.29) is 10.8 Å². The normalized spacial score (nSPS) is 14.0. The molecular weight excluding hydrogens is 398 g/mol. The zero-order valence-corrected chi connectivity index (χ0v) is 18.2. The summed E-state index contributed by atoms with van der Waals surface area (Å²) in [5.74, 6) is 2.19. The van der Waals surface area contributed by atoms with Crippen LogP contribution in [0.2, 0.25) is 0 Å². The average Bonchev–Trinajstić information content (AvgIpc) is 3.29. The Morgan fingerprint density at radius 3 is 2.47 bits per heavy atom. The molecule has 158 valence electrons. The molecule has 30 heavy (non-hydrogen) atoms. The first-order valence-electron chi connectivity index (χ1n) is 10.2. The zero-order valence-electron chi connectivity index (χ0n) is 17.4. The van der Waals surface area contributed by atoms with Gasteiger partial charge in [-0.2, -0.15) is 4.31 Å². The minimum atomic E-state index is -3.67. The molecule has 6 nitrogen and oxygen atoms in total. The quantitative estimate of drug-likeness (QED) is 0.689. The summed E-state index contributed by atoms with van der Waals surface area (Å²) in [5, 5.41) is 2.86. The number of nitrogens with one attached hydrogen (secondary N) is 1. The molecule has 1 heterocycles. The summed E-state index contributed by atoms with van der Waals surface area (Å²) in [4.78, 5) is 15.4. The molecule has 1 amide bonds. The maximum Gasteiger partial charge on any atom is 0.257 e. The van der Waals surface area contributed by atoms with Gasteiger partial charge in [0.25, 0.3) is 5.91 Å². The van der Waals surface area contributed by atoms with Crippen molar-refractivity contribution >= 4 is 27.3 Å². The van der Waals surface area contributed by atoms with E-state index in [1.54, 1.807) is 50.2 Å². The fourth-order valence-electron chi connectivity index (χ4n) is 3.69. The number of terminal acetylenes is 1. The molecule has 1 aliphatic heterocycles. The van der Waals surface area contributed by atoms with Crippen LogP contribution in [-0.4, -0.2) is 44.8 Å². The number of carbonyl (C=O) groups is 1. The lowest BCUT2D eigenvalue weighted by atomic mass is 10.1. The van der Waals surface area contributed by atoms with E-state index in [9.17, 15) is 13.2 Å². The molecule has 0 spiro atoms. The number of anilines is 2. The monoisotopic (exact) mass is 425 g/mol. The summed E-state index contributed by atoms with van der Waals surface area (Å²) in [6.45, 7) is 6.02. The van der Waals surface area contributed by atoms with Crippen molar-refractivity contribution in [3.05, 3.63) is 53.6 Å². The van der Waals surface area contributed by atoms with Gasteiger partial charge in [0.15, 0.2) is 0 Å². The van der Waals surface area contributed by atoms with E-state index in [1.807, 2.05) is 0 Å². The first kappa shape index (κ1) is 21.9. The van der Waals surface area contributed by atoms with Crippen molar-refractivity contribution in [1.29, 1.82) is 0 Å². The van der Waals surface area contributed by atoms with E-state index >= 15 is 0 Å². The summed E-state index contributed by atoms with van der Waals surface area (Å²) in [6, 6.07) is 11.8. The van der Waals surface area contributed by atoms with E-state index < -0.39 is 10.0 Å².